The summed E-state index contributed by atoms with van der Waals surface area (Å²) in [6, 6.07) is 27.5. The van der Waals surface area contributed by atoms with E-state index in [9.17, 15) is 0 Å². The van der Waals surface area contributed by atoms with Gasteiger partial charge in [-0.05, 0) is 52.9 Å². The van der Waals surface area contributed by atoms with E-state index in [1.165, 1.54) is 27.5 Å². The van der Waals surface area contributed by atoms with Crippen molar-refractivity contribution in [2.75, 3.05) is 0 Å². The van der Waals surface area contributed by atoms with Gasteiger partial charge in [0.05, 0.1) is 5.02 Å². The Hall–Kier alpha value is -2.57. The van der Waals surface area contributed by atoms with Gasteiger partial charge in [-0.3, -0.25) is 0 Å². The molecule has 0 atom stereocenters. The lowest BCUT2D eigenvalue weighted by atomic mass is 9.89. The molecule has 25 heavy (non-hydrogen) atoms. The van der Waals surface area contributed by atoms with Crippen LogP contribution in [0.15, 0.2) is 78.9 Å². The minimum Gasteiger partial charge on any atom is -0.0830 e. The summed E-state index contributed by atoms with van der Waals surface area (Å²) >= 11 is 6.96. The van der Waals surface area contributed by atoms with E-state index in [2.05, 4.69) is 86.6 Å². The predicted molar refractivity (Wildman–Crippen MR) is 109 cm³/mol. The number of fused-ring (bicyclic) bond motifs is 1. The first-order valence-electron chi connectivity index (χ1n) is 8.50. The zero-order chi connectivity index (χ0) is 17.4. The number of hydrogen-bond acceptors (Lipinski definition) is 0. The zero-order valence-electron chi connectivity index (χ0n) is 14.4. The van der Waals surface area contributed by atoms with E-state index in [-0.39, 0.29) is 0 Å². The van der Waals surface area contributed by atoms with E-state index in [0.29, 0.717) is 0 Å². The van der Waals surface area contributed by atoms with Crippen LogP contribution in [0.2, 0.25) is 5.02 Å². The number of rotatable bonds is 2. The highest BCUT2D eigenvalue weighted by Gasteiger charge is 2.16. The van der Waals surface area contributed by atoms with Gasteiger partial charge in [-0.1, -0.05) is 84.4 Å². The van der Waals surface area contributed by atoms with Crippen LogP contribution < -0.4 is 0 Å². The van der Waals surface area contributed by atoms with Crippen LogP contribution in [-0.4, -0.2) is 0 Å². The maximum atomic E-state index is 6.96. The monoisotopic (exact) mass is 342 g/mol. The van der Waals surface area contributed by atoms with Crippen molar-refractivity contribution in [3.05, 3.63) is 95.0 Å². The number of benzene rings is 4. The molecule has 4 aromatic rings. The van der Waals surface area contributed by atoms with Crippen molar-refractivity contribution in [2.45, 2.75) is 13.8 Å². The lowest BCUT2D eigenvalue weighted by Gasteiger charge is -2.17. The van der Waals surface area contributed by atoms with Crippen molar-refractivity contribution < 1.29 is 0 Å². The summed E-state index contributed by atoms with van der Waals surface area (Å²) in [7, 11) is 0. The highest BCUT2D eigenvalue weighted by Crippen LogP contribution is 2.42. The van der Waals surface area contributed by atoms with Gasteiger partial charge in [-0.15, -0.1) is 0 Å². The Morgan fingerprint density at radius 2 is 1.36 bits per heavy atom. The molecule has 0 saturated carbocycles. The Morgan fingerprint density at radius 3 is 2.16 bits per heavy atom. The van der Waals surface area contributed by atoms with Crippen molar-refractivity contribution in [3.63, 3.8) is 0 Å². The second kappa shape index (κ2) is 6.38. The summed E-state index contributed by atoms with van der Waals surface area (Å²) in [5, 5.41) is 3.29. The average molecular weight is 343 g/mol. The van der Waals surface area contributed by atoms with Crippen LogP contribution in [0.5, 0.6) is 0 Å². The lowest BCUT2D eigenvalue weighted by molar-refractivity contribution is 1.34. The third-order valence-corrected chi connectivity index (χ3v) is 5.32. The van der Waals surface area contributed by atoms with Gasteiger partial charge >= 0.3 is 0 Å². The molecule has 0 unspecified atom stereocenters. The molecule has 0 N–H and O–H groups in total. The molecule has 0 aliphatic carbocycles. The molecule has 0 spiro atoms. The van der Waals surface area contributed by atoms with E-state index in [0.717, 1.165) is 21.7 Å². The first-order chi connectivity index (χ1) is 12.2. The molecule has 1 heteroatoms. The summed E-state index contributed by atoms with van der Waals surface area (Å²) in [4.78, 5) is 0. The van der Waals surface area contributed by atoms with Gasteiger partial charge in [0.2, 0.25) is 0 Å². The molecule has 0 bridgehead atoms. The SMILES string of the molecule is Cc1cc(-c2ccccc2)c(Cl)c(-c2cccc3ccccc23)c1C. The maximum absolute atomic E-state index is 6.96. The molecule has 0 amide bonds. The Morgan fingerprint density at radius 1 is 0.680 bits per heavy atom. The minimum atomic E-state index is 0.825. The summed E-state index contributed by atoms with van der Waals surface area (Å²) < 4.78 is 0. The van der Waals surface area contributed by atoms with Crippen LogP contribution in [0.1, 0.15) is 11.1 Å². The van der Waals surface area contributed by atoms with E-state index >= 15 is 0 Å². The molecule has 0 heterocycles. The molecule has 0 aliphatic rings. The fraction of sp³-hybridized carbons (Fsp3) is 0.0833. The third-order valence-electron chi connectivity index (χ3n) is 4.93. The van der Waals surface area contributed by atoms with E-state index in [1.807, 2.05) is 6.07 Å². The normalized spacial score (nSPS) is 11.0. The lowest BCUT2D eigenvalue weighted by Crippen LogP contribution is -1.93. The topological polar surface area (TPSA) is 0 Å². The third kappa shape index (κ3) is 2.73. The van der Waals surface area contributed by atoms with Crippen LogP contribution in [-0.2, 0) is 0 Å². The number of hydrogen-bond donors (Lipinski definition) is 0. The molecule has 0 saturated heterocycles. The van der Waals surface area contributed by atoms with Crippen LogP contribution in [0.4, 0.5) is 0 Å². The Balaban J connectivity index is 2.06. The molecule has 0 fully saturated rings. The quantitative estimate of drug-likeness (QED) is 0.355. The van der Waals surface area contributed by atoms with Crippen LogP contribution in [0.3, 0.4) is 0 Å². The highest BCUT2D eigenvalue weighted by molar-refractivity contribution is 6.36. The smallest absolute Gasteiger partial charge is 0.0565 e. The molecule has 0 nitrogen and oxygen atoms in total. The Kier molecular flexibility index (Phi) is 4.07. The van der Waals surface area contributed by atoms with E-state index in [1.54, 1.807) is 0 Å². The van der Waals surface area contributed by atoms with Gasteiger partial charge in [0.25, 0.3) is 0 Å². The van der Waals surface area contributed by atoms with Crippen LogP contribution in [0.25, 0.3) is 33.0 Å². The standard InChI is InChI=1S/C24H19Cl/c1-16-15-22(19-9-4-3-5-10-19)24(25)23(17(16)2)21-14-8-12-18-11-6-7-13-20(18)21/h3-15H,1-2H3. The van der Waals surface area contributed by atoms with E-state index < -0.39 is 0 Å². The maximum Gasteiger partial charge on any atom is 0.0565 e. The second-order valence-electron chi connectivity index (χ2n) is 6.45. The summed E-state index contributed by atoms with van der Waals surface area (Å²) in [5.41, 5.74) is 7.07. The van der Waals surface area contributed by atoms with Gasteiger partial charge in [0.15, 0.2) is 0 Å². The zero-order valence-corrected chi connectivity index (χ0v) is 15.1. The Labute approximate surface area is 153 Å². The molecule has 4 rings (SSSR count). The van der Waals surface area contributed by atoms with Crippen molar-refractivity contribution in [2.24, 2.45) is 0 Å². The summed E-state index contributed by atoms with van der Waals surface area (Å²) in [5.74, 6) is 0. The fourth-order valence-corrected chi connectivity index (χ4v) is 3.88. The number of aryl methyl sites for hydroxylation is 1. The Bertz CT molecular complexity index is 1060. The molecular formula is C24H19Cl. The first-order valence-corrected chi connectivity index (χ1v) is 8.88. The molecule has 0 aliphatic heterocycles. The number of halogens is 1. The minimum absolute atomic E-state index is 0.825. The largest absolute Gasteiger partial charge is 0.0830 e. The van der Waals surface area contributed by atoms with Crippen molar-refractivity contribution in [3.8, 4) is 22.3 Å². The molecule has 4 aromatic carbocycles. The second-order valence-corrected chi connectivity index (χ2v) is 6.83. The molecule has 0 radical (unpaired) electrons. The van der Waals surface area contributed by atoms with Gasteiger partial charge in [0, 0.05) is 11.1 Å². The van der Waals surface area contributed by atoms with Gasteiger partial charge in [0.1, 0.15) is 0 Å². The van der Waals surface area contributed by atoms with Crippen molar-refractivity contribution >= 4 is 22.4 Å². The summed E-state index contributed by atoms with van der Waals surface area (Å²) in [6.45, 7) is 4.32. The fourth-order valence-electron chi connectivity index (χ4n) is 3.48. The molecular weight excluding hydrogens is 324 g/mol. The first kappa shape index (κ1) is 15.9. The van der Waals surface area contributed by atoms with Crippen molar-refractivity contribution in [1.82, 2.24) is 0 Å². The van der Waals surface area contributed by atoms with Crippen molar-refractivity contribution in [1.29, 1.82) is 0 Å². The highest BCUT2D eigenvalue weighted by atomic mass is 35.5. The predicted octanol–water partition coefficient (Wildman–Crippen LogP) is 7.44. The summed E-state index contributed by atoms with van der Waals surface area (Å²) in [6.07, 6.45) is 0. The van der Waals surface area contributed by atoms with Gasteiger partial charge < -0.3 is 0 Å². The van der Waals surface area contributed by atoms with E-state index in [4.69, 9.17) is 11.6 Å². The van der Waals surface area contributed by atoms with Crippen LogP contribution in [0, 0.1) is 13.8 Å². The van der Waals surface area contributed by atoms with Gasteiger partial charge in [-0.25, -0.2) is 0 Å². The molecule has 122 valence electrons. The van der Waals surface area contributed by atoms with Crippen LogP contribution >= 0.6 is 11.6 Å². The molecule has 0 aromatic heterocycles. The average Bonchev–Trinajstić information content (AvgIpc) is 2.66. The van der Waals surface area contributed by atoms with Gasteiger partial charge in [-0.2, -0.15) is 0 Å².